The number of piperazine rings is 1. The van der Waals surface area contributed by atoms with Gasteiger partial charge in [0.25, 0.3) is 0 Å². The minimum atomic E-state index is -0.172. The summed E-state index contributed by atoms with van der Waals surface area (Å²) in [4.78, 5) is 4.33. The third kappa shape index (κ3) is 2.65. The highest BCUT2D eigenvalue weighted by molar-refractivity contribution is 6.35. The van der Waals surface area contributed by atoms with Gasteiger partial charge in [-0.25, -0.2) is 4.39 Å². The van der Waals surface area contributed by atoms with Crippen LogP contribution in [0.15, 0.2) is 48.7 Å². The highest BCUT2D eigenvalue weighted by Crippen LogP contribution is 2.30. The van der Waals surface area contributed by atoms with Crippen molar-refractivity contribution in [3.63, 3.8) is 0 Å². The Hall–Kier alpha value is -2.40. The van der Waals surface area contributed by atoms with Gasteiger partial charge < -0.3 is 9.80 Å². The summed E-state index contributed by atoms with van der Waals surface area (Å²) >= 11 is 6.22. The molecule has 122 valence electrons. The largest absolute Gasteiger partial charge is 0.366 e. The van der Waals surface area contributed by atoms with E-state index in [0.29, 0.717) is 16.2 Å². The summed E-state index contributed by atoms with van der Waals surface area (Å²) in [6, 6.07) is 12.7. The maximum absolute atomic E-state index is 14.0. The second-order valence-corrected chi connectivity index (χ2v) is 6.20. The molecule has 0 N–H and O–H groups in total. The summed E-state index contributed by atoms with van der Waals surface area (Å²) in [7, 11) is 0. The molecule has 0 spiro atoms. The Labute approximate surface area is 144 Å². The molecule has 2 heterocycles. The van der Waals surface area contributed by atoms with Gasteiger partial charge in [-0.15, -0.1) is 5.10 Å². The van der Waals surface area contributed by atoms with E-state index in [9.17, 15) is 4.39 Å². The summed E-state index contributed by atoms with van der Waals surface area (Å²) in [6.45, 7) is 3.10. The van der Waals surface area contributed by atoms with E-state index < -0.39 is 0 Å². The van der Waals surface area contributed by atoms with Crippen LogP contribution in [0.5, 0.6) is 0 Å². The molecular formula is C18H16ClFN4. The van der Waals surface area contributed by atoms with Crippen molar-refractivity contribution < 1.29 is 4.39 Å². The third-order valence-corrected chi connectivity index (χ3v) is 4.72. The molecule has 0 amide bonds. The fourth-order valence-corrected chi connectivity index (χ4v) is 3.40. The standard InChI is InChI=1S/C18H16ClFN4/c19-14-5-3-4-13-17(12-21-22-18(13)14)24-10-8-23(9-11-24)16-7-2-1-6-15(16)20/h1-7,12H,8-11H2. The first-order chi connectivity index (χ1) is 11.7. The lowest BCUT2D eigenvalue weighted by molar-refractivity contribution is 0.598. The Balaban J connectivity index is 1.59. The van der Waals surface area contributed by atoms with E-state index in [1.807, 2.05) is 30.3 Å². The van der Waals surface area contributed by atoms with Gasteiger partial charge in [0.2, 0.25) is 0 Å². The lowest BCUT2D eigenvalue weighted by Crippen LogP contribution is -2.47. The average molecular weight is 343 g/mol. The zero-order chi connectivity index (χ0) is 16.5. The maximum atomic E-state index is 14.0. The van der Waals surface area contributed by atoms with Gasteiger partial charge in [0, 0.05) is 31.6 Å². The highest BCUT2D eigenvalue weighted by atomic mass is 35.5. The molecule has 6 heteroatoms. The molecule has 4 nitrogen and oxygen atoms in total. The Bertz CT molecular complexity index is 878. The van der Waals surface area contributed by atoms with Crippen LogP contribution in [-0.4, -0.2) is 36.4 Å². The van der Waals surface area contributed by atoms with Gasteiger partial charge in [-0.05, 0) is 18.2 Å². The first kappa shape index (κ1) is 15.1. The molecule has 4 rings (SSSR count). The predicted molar refractivity (Wildman–Crippen MR) is 95.4 cm³/mol. The number of nitrogens with zero attached hydrogens (tertiary/aromatic N) is 4. The van der Waals surface area contributed by atoms with Crippen LogP contribution < -0.4 is 9.80 Å². The molecule has 3 aromatic rings. The number of hydrogen-bond acceptors (Lipinski definition) is 4. The number of hydrogen-bond donors (Lipinski definition) is 0. The van der Waals surface area contributed by atoms with E-state index in [1.54, 1.807) is 12.3 Å². The number of para-hydroxylation sites is 1. The Morgan fingerprint density at radius 3 is 2.33 bits per heavy atom. The van der Waals surface area contributed by atoms with E-state index in [0.717, 1.165) is 37.3 Å². The molecule has 24 heavy (non-hydrogen) atoms. The molecule has 0 aliphatic carbocycles. The molecular weight excluding hydrogens is 327 g/mol. The Morgan fingerprint density at radius 1 is 0.875 bits per heavy atom. The van der Waals surface area contributed by atoms with Crippen molar-refractivity contribution in [2.45, 2.75) is 0 Å². The van der Waals surface area contributed by atoms with Crippen molar-refractivity contribution >= 4 is 33.9 Å². The third-order valence-electron chi connectivity index (χ3n) is 4.41. The van der Waals surface area contributed by atoms with E-state index >= 15 is 0 Å². The van der Waals surface area contributed by atoms with Crippen molar-refractivity contribution in [3.8, 4) is 0 Å². The first-order valence-corrected chi connectivity index (χ1v) is 8.26. The van der Waals surface area contributed by atoms with Gasteiger partial charge in [0.15, 0.2) is 0 Å². The number of fused-ring (bicyclic) bond motifs is 1. The molecule has 2 aromatic carbocycles. The van der Waals surface area contributed by atoms with Crippen molar-refractivity contribution in [1.29, 1.82) is 0 Å². The maximum Gasteiger partial charge on any atom is 0.146 e. The molecule has 0 atom stereocenters. The number of benzene rings is 2. The molecule has 1 saturated heterocycles. The molecule has 1 fully saturated rings. The van der Waals surface area contributed by atoms with Crippen molar-refractivity contribution in [2.24, 2.45) is 0 Å². The lowest BCUT2D eigenvalue weighted by Gasteiger charge is -2.37. The summed E-state index contributed by atoms with van der Waals surface area (Å²) in [5, 5.41) is 9.83. The summed E-state index contributed by atoms with van der Waals surface area (Å²) in [6.07, 6.45) is 1.78. The van der Waals surface area contributed by atoms with E-state index in [2.05, 4.69) is 20.0 Å². The van der Waals surface area contributed by atoms with E-state index in [4.69, 9.17) is 11.6 Å². The van der Waals surface area contributed by atoms with E-state index in [1.165, 1.54) is 6.07 Å². The van der Waals surface area contributed by atoms with Crippen LogP contribution in [0.1, 0.15) is 0 Å². The van der Waals surface area contributed by atoms with Gasteiger partial charge >= 0.3 is 0 Å². The monoisotopic (exact) mass is 342 g/mol. The average Bonchev–Trinajstić information content (AvgIpc) is 2.62. The molecule has 1 aliphatic heterocycles. The molecule has 0 bridgehead atoms. The first-order valence-electron chi connectivity index (χ1n) is 7.88. The van der Waals surface area contributed by atoms with Crippen LogP contribution in [0.2, 0.25) is 5.02 Å². The van der Waals surface area contributed by atoms with Crippen LogP contribution in [0.25, 0.3) is 10.9 Å². The van der Waals surface area contributed by atoms with Gasteiger partial charge in [-0.1, -0.05) is 35.9 Å². The molecule has 0 radical (unpaired) electrons. The fraction of sp³-hybridized carbons (Fsp3) is 0.222. The Morgan fingerprint density at radius 2 is 1.58 bits per heavy atom. The van der Waals surface area contributed by atoms with Crippen LogP contribution in [-0.2, 0) is 0 Å². The number of rotatable bonds is 2. The smallest absolute Gasteiger partial charge is 0.146 e. The number of halogens is 2. The predicted octanol–water partition coefficient (Wildman–Crippen LogP) is 3.75. The molecule has 1 aromatic heterocycles. The highest BCUT2D eigenvalue weighted by Gasteiger charge is 2.21. The molecule has 1 aliphatic rings. The number of aromatic nitrogens is 2. The minimum Gasteiger partial charge on any atom is -0.366 e. The van der Waals surface area contributed by atoms with Crippen LogP contribution in [0.3, 0.4) is 0 Å². The van der Waals surface area contributed by atoms with Gasteiger partial charge in [0.05, 0.1) is 22.6 Å². The normalized spacial score (nSPS) is 15.1. The zero-order valence-corrected chi connectivity index (χ0v) is 13.7. The summed E-state index contributed by atoms with van der Waals surface area (Å²) < 4.78 is 14.0. The molecule has 0 saturated carbocycles. The second-order valence-electron chi connectivity index (χ2n) is 5.79. The van der Waals surface area contributed by atoms with Gasteiger partial charge in [0.1, 0.15) is 11.3 Å². The zero-order valence-electron chi connectivity index (χ0n) is 13.0. The Kier molecular flexibility index (Phi) is 3.94. The second kappa shape index (κ2) is 6.24. The fourth-order valence-electron chi connectivity index (χ4n) is 3.18. The topological polar surface area (TPSA) is 32.3 Å². The summed E-state index contributed by atoms with van der Waals surface area (Å²) in [5.41, 5.74) is 2.40. The quantitative estimate of drug-likeness (QED) is 0.710. The van der Waals surface area contributed by atoms with Crippen LogP contribution in [0, 0.1) is 5.82 Å². The summed E-state index contributed by atoms with van der Waals surface area (Å²) in [5.74, 6) is -0.172. The van der Waals surface area contributed by atoms with Crippen molar-refractivity contribution in [3.05, 3.63) is 59.5 Å². The van der Waals surface area contributed by atoms with Crippen molar-refractivity contribution in [2.75, 3.05) is 36.0 Å². The minimum absolute atomic E-state index is 0.172. The SMILES string of the molecule is Fc1ccccc1N1CCN(c2cnnc3c(Cl)cccc23)CC1. The number of anilines is 2. The molecule has 0 unspecified atom stereocenters. The van der Waals surface area contributed by atoms with E-state index in [-0.39, 0.29) is 5.82 Å². The van der Waals surface area contributed by atoms with Crippen LogP contribution in [0.4, 0.5) is 15.8 Å². The van der Waals surface area contributed by atoms with Gasteiger partial charge in [-0.2, -0.15) is 5.10 Å². The van der Waals surface area contributed by atoms with Crippen LogP contribution >= 0.6 is 11.6 Å². The van der Waals surface area contributed by atoms with Gasteiger partial charge in [-0.3, -0.25) is 0 Å². The van der Waals surface area contributed by atoms with Crippen molar-refractivity contribution in [1.82, 2.24) is 10.2 Å². The lowest BCUT2D eigenvalue weighted by atomic mass is 10.1.